The van der Waals surface area contributed by atoms with Gasteiger partial charge in [0.25, 0.3) is 0 Å². The van der Waals surface area contributed by atoms with E-state index in [0.29, 0.717) is 19.4 Å². The number of hydrogen-bond donors (Lipinski definition) is 4. The summed E-state index contributed by atoms with van der Waals surface area (Å²) < 4.78 is 10.7. The van der Waals surface area contributed by atoms with Crippen LogP contribution >= 0.6 is 0 Å². The highest BCUT2D eigenvalue weighted by Gasteiger charge is 2.58. The van der Waals surface area contributed by atoms with Gasteiger partial charge in [-0.15, -0.1) is 0 Å². The Kier molecular flexibility index (Phi) is 5.56. The van der Waals surface area contributed by atoms with Gasteiger partial charge in [-0.1, -0.05) is 12.2 Å². The number of hydrogen-bond acceptors (Lipinski definition) is 8. The van der Waals surface area contributed by atoms with Crippen LogP contribution in [0.1, 0.15) is 19.3 Å². The first kappa shape index (κ1) is 19.9. The minimum absolute atomic E-state index is 0.0679. The zero-order chi connectivity index (χ0) is 20.0. The molecule has 0 aromatic carbocycles. The predicted octanol–water partition coefficient (Wildman–Crippen LogP) is -1.61. The van der Waals surface area contributed by atoms with Crippen LogP contribution in [0.25, 0.3) is 0 Å². The number of aliphatic hydroxyl groups is 4. The van der Waals surface area contributed by atoms with E-state index in [1.165, 1.54) is 4.90 Å². The third kappa shape index (κ3) is 3.20. The van der Waals surface area contributed by atoms with Crippen LogP contribution in [0.4, 0.5) is 0 Å². The minimum Gasteiger partial charge on any atom is -0.394 e. The number of fused-ring (bicyclic) bond motifs is 5. The third-order valence-corrected chi connectivity index (χ3v) is 6.47. The molecule has 2 unspecified atom stereocenters. The average Bonchev–Trinajstić information content (AvgIpc) is 3.36. The van der Waals surface area contributed by atoms with Crippen LogP contribution in [0.15, 0.2) is 12.2 Å². The van der Waals surface area contributed by atoms with Gasteiger partial charge in [0.2, 0.25) is 11.8 Å². The number of allylic oxidation sites excluding steroid dienone is 2. The Bertz CT molecular complexity index is 622. The molecule has 4 rings (SSSR count). The lowest BCUT2D eigenvalue weighted by Crippen LogP contribution is -2.59. The Hall–Kier alpha value is -1.36. The van der Waals surface area contributed by atoms with Crippen LogP contribution in [0.2, 0.25) is 0 Å². The summed E-state index contributed by atoms with van der Waals surface area (Å²) in [5, 5.41) is 38.6. The van der Waals surface area contributed by atoms with Crippen molar-refractivity contribution >= 4 is 11.8 Å². The number of aliphatic hydroxyl groups excluding tert-OH is 4. The number of ether oxygens (including phenoxy) is 2. The van der Waals surface area contributed by atoms with Crippen molar-refractivity contribution in [1.82, 2.24) is 4.90 Å². The maximum absolute atomic E-state index is 12.6. The smallest absolute Gasteiger partial charge is 0.233 e. The first-order valence-corrected chi connectivity index (χ1v) is 9.89. The van der Waals surface area contributed by atoms with E-state index in [1.807, 2.05) is 0 Å². The van der Waals surface area contributed by atoms with Gasteiger partial charge in [0.05, 0.1) is 18.4 Å². The Morgan fingerprint density at radius 2 is 1.64 bits per heavy atom. The van der Waals surface area contributed by atoms with Crippen LogP contribution in [0.3, 0.4) is 0 Å². The number of carbonyl (C=O) groups excluding carboxylic acids is 2. The van der Waals surface area contributed by atoms with Gasteiger partial charge < -0.3 is 29.9 Å². The molecule has 4 aliphatic rings. The topological polar surface area (TPSA) is 137 Å². The minimum atomic E-state index is -1.47. The van der Waals surface area contributed by atoms with E-state index in [0.717, 1.165) is 6.42 Å². The SMILES string of the molecule is O=C1[C@@H]2C3C=CC(C3)[C@@H]2C(=O)N1CCCCO[C@@H]1O[C@H](CO)[C@@H](O)[C@H](O)[C@H]1O. The molecule has 9 nitrogen and oxygen atoms in total. The molecule has 9 heteroatoms. The van der Waals surface area contributed by atoms with Crippen molar-refractivity contribution in [3.05, 3.63) is 12.2 Å². The van der Waals surface area contributed by atoms with Gasteiger partial charge in [0.1, 0.15) is 24.4 Å². The van der Waals surface area contributed by atoms with E-state index in [1.54, 1.807) is 0 Å². The van der Waals surface area contributed by atoms with E-state index in [-0.39, 0.29) is 42.1 Å². The third-order valence-electron chi connectivity index (χ3n) is 6.47. The van der Waals surface area contributed by atoms with Crippen molar-refractivity contribution in [1.29, 1.82) is 0 Å². The number of carbonyl (C=O) groups is 2. The average molecular weight is 397 g/mol. The zero-order valence-corrected chi connectivity index (χ0v) is 15.5. The van der Waals surface area contributed by atoms with Gasteiger partial charge in [0, 0.05) is 13.2 Å². The number of imide groups is 1. The molecular formula is C19H27NO8. The summed E-state index contributed by atoms with van der Waals surface area (Å²) in [6.45, 7) is 0.00386. The Labute approximate surface area is 162 Å². The largest absolute Gasteiger partial charge is 0.394 e. The van der Waals surface area contributed by atoms with E-state index < -0.39 is 37.3 Å². The van der Waals surface area contributed by atoms with Crippen LogP contribution in [0, 0.1) is 23.7 Å². The molecule has 28 heavy (non-hydrogen) atoms. The molecule has 2 amide bonds. The van der Waals surface area contributed by atoms with E-state index in [9.17, 15) is 24.9 Å². The summed E-state index contributed by atoms with van der Waals surface area (Å²) in [4.78, 5) is 26.5. The molecule has 1 saturated carbocycles. The quantitative estimate of drug-likeness (QED) is 0.229. The van der Waals surface area contributed by atoms with E-state index in [4.69, 9.17) is 14.6 Å². The molecule has 4 N–H and O–H groups in total. The van der Waals surface area contributed by atoms with Gasteiger partial charge in [-0.25, -0.2) is 0 Å². The fourth-order valence-corrected chi connectivity index (χ4v) is 4.96. The molecule has 2 bridgehead atoms. The summed E-state index contributed by atoms with van der Waals surface area (Å²) in [5.41, 5.74) is 0. The Morgan fingerprint density at radius 1 is 1.00 bits per heavy atom. The first-order valence-electron chi connectivity index (χ1n) is 9.89. The molecule has 3 fully saturated rings. The second-order valence-corrected chi connectivity index (χ2v) is 8.10. The summed E-state index contributed by atoms with van der Waals surface area (Å²) in [6.07, 6.45) is -0.378. The molecular weight excluding hydrogens is 370 g/mol. The molecule has 9 atom stereocenters. The van der Waals surface area contributed by atoms with Crippen molar-refractivity contribution in [2.24, 2.45) is 23.7 Å². The van der Waals surface area contributed by atoms with Crippen LogP contribution in [-0.2, 0) is 19.1 Å². The van der Waals surface area contributed by atoms with Gasteiger partial charge in [0.15, 0.2) is 6.29 Å². The van der Waals surface area contributed by atoms with Gasteiger partial charge >= 0.3 is 0 Å². The highest BCUT2D eigenvalue weighted by atomic mass is 16.7. The molecule has 2 saturated heterocycles. The molecule has 156 valence electrons. The number of nitrogens with zero attached hydrogens (tertiary/aromatic N) is 1. The van der Waals surface area contributed by atoms with E-state index >= 15 is 0 Å². The highest BCUT2D eigenvalue weighted by molar-refractivity contribution is 6.06. The fraction of sp³-hybridized carbons (Fsp3) is 0.789. The molecule has 0 spiro atoms. The van der Waals surface area contributed by atoms with Gasteiger partial charge in [-0.2, -0.15) is 0 Å². The normalized spacial score (nSPS) is 44.6. The fourth-order valence-electron chi connectivity index (χ4n) is 4.96. The number of likely N-dealkylation sites (tertiary alicyclic amines) is 1. The van der Waals surface area contributed by atoms with Crippen molar-refractivity contribution < 1.29 is 39.5 Å². The Balaban J connectivity index is 1.21. The molecule has 2 heterocycles. The van der Waals surface area contributed by atoms with Crippen molar-refractivity contribution in [2.75, 3.05) is 19.8 Å². The molecule has 2 aliphatic carbocycles. The number of rotatable bonds is 7. The monoisotopic (exact) mass is 397 g/mol. The lowest BCUT2D eigenvalue weighted by molar-refractivity contribution is -0.301. The zero-order valence-electron chi connectivity index (χ0n) is 15.5. The van der Waals surface area contributed by atoms with Gasteiger partial charge in [-0.05, 0) is 31.1 Å². The summed E-state index contributed by atoms with van der Waals surface area (Å²) in [7, 11) is 0. The predicted molar refractivity (Wildman–Crippen MR) is 93.4 cm³/mol. The second-order valence-electron chi connectivity index (χ2n) is 8.10. The highest BCUT2D eigenvalue weighted by Crippen LogP contribution is 2.52. The maximum Gasteiger partial charge on any atom is 0.233 e. The standard InChI is InChI=1S/C19H27NO8/c21-8-11-14(22)15(23)16(24)19(28-11)27-6-2-1-5-20-17(25)12-9-3-4-10(7-9)13(12)18(20)26/h3-4,9-16,19,21-24H,1-2,5-8H2/t9?,10?,11-,12-,13+,14-,15+,16-,19-/m1/s1. The van der Waals surface area contributed by atoms with Crippen molar-refractivity contribution in [3.63, 3.8) is 0 Å². The first-order chi connectivity index (χ1) is 13.4. The lowest BCUT2D eigenvalue weighted by Gasteiger charge is -2.39. The van der Waals surface area contributed by atoms with Crippen LogP contribution < -0.4 is 0 Å². The number of amides is 2. The molecule has 2 aliphatic heterocycles. The summed E-state index contributed by atoms with van der Waals surface area (Å²) in [6, 6.07) is 0. The van der Waals surface area contributed by atoms with Crippen LogP contribution in [-0.4, -0.2) is 87.6 Å². The maximum atomic E-state index is 12.6. The van der Waals surface area contributed by atoms with Crippen molar-refractivity contribution in [2.45, 2.75) is 50.0 Å². The Morgan fingerprint density at radius 3 is 2.25 bits per heavy atom. The van der Waals surface area contributed by atoms with Crippen molar-refractivity contribution in [3.8, 4) is 0 Å². The number of unbranched alkanes of at least 4 members (excludes halogenated alkanes) is 1. The molecule has 0 aromatic rings. The second kappa shape index (κ2) is 7.81. The molecule has 0 aromatic heterocycles. The summed E-state index contributed by atoms with van der Waals surface area (Å²) in [5.74, 6) is -0.110. The molecule has 0 radical (unpaired) electrons. The summed E-state index contributed by atoms with van der Waals surface area (Å²) >= 11 is 0. The van der Waals surface area contributed by atoms with Crippen LogP contribution in [0.5, 0.6) is 0 Å². The lowest BCUT2D eigenvalue weighted by atomic mass is 9.85. The van der Waals surface area contributed by atoms with Gasteiger partial charge in [-0.3, -0.25) is 14.5 Å². The van der Waals surface area contributed by atoms with E-state index in [2.05, 4.69) is 12.2 Å².